The summed E-state index contributed by atoms with van der Waals surface area (Å²) in [5.74, 6) is 0.912. The van der Waals surface area contributed by atoms with Crippen molar-refractivity contribution in [3.05, 3.63) is 101 Å². The molecule has 6 amide bonds. The summed E-state index contributed by atoms with van der Waals surface area (Å²) in [6, 6.07) is 22.2. The number of hydrogen-bond acceptors (Lipinski definition) is 13. The van der Waals surface area contributed by atoms with E-state index < -0.39 is 11.9 Å². The number of nitrogen functional groups attached to an aromatic ring is 1. The number of likely N-dealkylation sites (tertiary alicyclic amines) is 2. The largest absolute Gasteiger partial charge is 0.457 e. The van der Waals surface area contributed by atoms with E-state index in [4.69, 9.17) is 15.9 Å². The SMILES string of the molecule is CC(CCC(=O)NC=O)N1C(=O)c2ccc(N3CCN(C4CCN(C(=O)N5CCC(Nc6ncnc(N)c6C(=N)c6ccc(Oc7ccccc7)cc6)CC5)CC4)CC3)cc2C1=O. The molecular weight excluding hydrogens is 803 g/mol. The Bertz CT molecular complexity index is 2340. The van der Waals surface area contributed by atoms with Gasteiger partial charge in [0.25, 0.3) is 11.8 Å². The zero-order valence-corrected chi connectivity index (χ0v) is 35.4. The Balaban J connectivity index is 0.780. The van der Waals surface area contributed by atoms with Gasteiger partial charge in [0.1, 0.15) is 29.5 Å². The van der Waals surface area contributed by atoms with Crippen molar-refractivity contribution < 1.29 is 28.7 Å². The molecule has 1 atom stereocenters. The standard InChI is InChI=1S/C46H53N11O6/c1-30(7-14-39(59)51-29-58)57-44(60)37-13-10-34(27-38(37)45(57)61)54-25-23-53(24-26-54)33-17-21-56(22-18-33)46(62)55-19-15-32(16-20-55)52-43-40(42(48)49-28-50-43)41(47)31-8-11-36(12-9-31)63-35-5-3-2-4-6-35/h2-6,8-13,27-30,32-33,47H,7,14-26H2,1H3,(H,51,58,59)(H3,48,49,50,52). The summed E-state index contributed by atoms with van der Waals surface area (Å²) >= 11 is 0. The van der Waals surface area contributed by atoms with Gasteiger partial charge in [-0.05, 0) is 93.6 Å². The molecule has 5 N–H and O–H groups in total. The molecule has 0 spiro atoms. The van der Waals surface area contributed by atoms with Crippen LogP contribution in [0.15, 0.2) is 79.1 Å². The van der Waals surface area contributed by atoms with E-state index in [0.717, 1.165) is 63.3 Å². The van der Waals surface area contributed by atoms with Crippen LogP contribution in [0.25, 0.3) is 0 Å². The van der Waals surface area contributed by atoms with E-state index in [2.05, 4.69) is 30.4 Å². The lowest BCUT2D eigenvalue weighted by Gasteiger charge is -2.44. The molecule has 5 heterocycles. The number of nitrogens with zero attached hydrogens (tertiary/aromatic N) is 7. The third kappa shape index (κ3) is 9.48. The lowest BCUT2D eigenvalue weighted by atomic mass is 10.0. The van der Waals surface area contributed by atoms with E-state index >= 15 is 0 Å². The molecule has 3 saturated heterocycles. The minimum atomic E-state index is -0.495. The Morgan fingerprint density at radius 2 is 1.49 bits per heavy atom. The first-order chi connectivity index (χ1) is 30.6. The number of ether oxygens (including phenoxy) is 1. The zero-order chi connectivity index (χ0) is 44.0. The fourth-order valence-corrected chi connectivity index (χ4v) is 9.04. The highest BCUT2D eigenvalue weighted by Gasteiger charge is 2.39. The molecule has 17 heteroatoms. The summed E-state index contributed by atoms with van der Waals surface area (Å²) in [6.45, 7) is 7.59. The Morgan fingerprint density at radius 1 is 0.841 bits per heavy atom. The van der Waals surface area contributed by atoms with Gasteiger partial charge in [-0.25, -0.2) is 14.8 Å². The second-order valence-corrected chi connectivity index (χ2v) is 16.5. The second kappa shape index (κ2) is 19.0. The van der Waals surface area contributed by atoms with Gasteiger partial charge in [-0.3, -0.25) is 39.7 Å². The van der Waals surface area contributed by atoms with Crippen LogP contribution in [0.2, 0.25) is 0 Å². The van der Waals surface area contributed by atoms with Crippen molar-refractivity contribution in [3.8, 4) is 11.5 Å². The molecule has 328 valence electrons. The van der Waals surface area contributed by atoms with Crippen LogP contribution < -0.4 is 26.0 Å². The molecule has 4 aromatic rings. The number of carbonyl (C=O) groups excluding carboxylic acids is 5. The Labute approximate surface area is 366 Å². The number of fused-ring (bicyclic) bond motifs is 1. The smallest absolute Gasteiger partial charge is 0.320 e. The number of rotatable bonds is 13. The van der Waals surface area contributed by atoms with E-state index in [1.807, 2.05) is 70.5 Å². The fraction of sp³-hybridized carbons (Fsp3) is 0.391. The van der Waals surface area contributed by atoms with Crippen LogP contribution in [0.5, 0.6) is 11.5 Å². The van der Waals surface area contributed by atoms with Gasteiger partial charge in [0.2, 0.25) is 12.3 Å². The Hall–Kier alpha value is -6.88. The summed E-state index contributed by atoms with van der Waals surface area (Å²) in [5.41, 5.74) is 9.25. The van der Waals surface area contributed by atoms with Crippen LogP contribution in [0, 0.1) is 5.41 Å². The molecule has 0 bridgehead atoms. The third-order valence-corrected chi connectivity index (χ3v) is 12.6. The molecule has 17 nitrogen and oxygen atoms in total. The van der Waals surface area contributed by atoms with Crippen molar-refractivity contribution in [1.29, 1.82) is 5.41 Å². The molecule has 0 aliphatic carbocycles. The van der Waals surface area contributed by atoms with E-state index in [1.165, 1.54) is 11.2 Å². The number of aromatic nitrogens is 2. The minimum absolute atomic E-state index is 0.0271. The van der Waals surface area contributed by atoms with Crippen LogP contribution in [-0.4, -0.2) is 136 Å². The molecule has 4 aliphatic rings. The average molecular weight is 856 g/mol. The van der Waals surface area contributed by atoms with Crippen LogP contribution in [0.1, 0.15) is 77.3 Å². The summed E-state index contributed by atoms with van der Waals surface area (Å²) < 4.78 is 5.92. The quantitative estimate of drug-likeness (QED) is 0.0827. The number of anilines is 3. The fourth-order valence-electron chi connectivity index (χ4n) is 9.04. The number of nitrogens with one attached hydrogen (secondary N) is 3. The summed E-state index contributed by atoms with van der Waals surface area (Å²) in [7, 11) is 0. The highest BCUT2D eigenvalue weighted by molar-refractivity contribution is 6.22. The van der Waals surface area contributed by atoms with Gasteiger partial charge in [-0.15, -0.1) is 0 Å². The highest BCUT2D eigenvalue weighted by Crippen LogP contribution is 2.32. The number of carbonyl (C=O) groups is 5. The summed E-state index contributed by atoms with van der Waals surface area (Å²) in [6.07, 6.45) is 5.26. The van der Waals surface area contributed by atoms with Gasteiger partial charge in [0.05, 0.1) is 22.4 Å². The molecule has 0 radical (unpaired) electrons. The summed E-state index contributed by atoms with van der Waals surface area (Å²) in [5, 5.41) is 14.6. The molecule has 3 aromatic carbocycles. The number of hydrogen-bond donors (Lipinski definition) is 4. The molecule has 3 fully saturated rings. The van der Waals surface area contributed by atoms with Crippen LogP contribution in [0.3, 0.4) is 0 Å². The van der Waals surface area contributed by atoms with Crippen molar-refractivity contribution >= 4 is 53.2 Å². The average Bonchev–Trinajstić information content (AvgIpc) is 3.56. The number of benzene rings is 3. The van der Waals surface area contributed by atoms with Gasteiger partial charge in [0, 0.05) is 88.2 Å². The van der Waals surface area contributed by atoms with Crippen molar-refractivity contribution in [3.63, 3.8) is 0 Å². The number of amides is 6. The maximum absolute atomic E-state index is 13.7. The van der Waals surface area contributed by atoms with E-state index in [0.29, 0.717) is 72.5 Å². The minimum Gasteiger partial charge on any atom is -0.457 e. The van der Waals surface area contributed by atoms with Gasteiger partial charge < -0.3 is 30.5 Å². The molecule has 1 unspecified atom stereocenters. The molecule has 8 rings (SSSR count). The Morgan fingerprint density at radius 3 is 2.17 bits per heavy atom. The van der Waals surface area contributed by atoms with Gasteiger partial charge in [0.15, 0.2) is 0 Å². The van der Waals surface area contributed by atoms with Crippen molar-refractivity contribution in [2.45, 2.75) is 63.6 Å². The van der Waals surface area contributed by atoms with E-state index in [9.17, 15) is 24.0 Å². The molecule has 63 heavy (non-hydrogen) atoms. The number of urea groups is 1. The maximum atomic E-state index is 13.7. The third-order valence-electron chi connectivity index (χ3n) is 12.6. The number of piperidine rings is 2. The van der Waals surface area contributed by atoms with Gasteiger partial charge in [-0.1, -0.05) is 18.2 Å². The normalized spacial score (nSPS) is 17.9. The lowest BCUT2D eigenvalue weighted by Crippen LogP contribution is -2.55. The van der Waals surface area contributed by atoms with E-state index in [-0.39, 0.29) is 48.3 Å². The first kappa shape index (κ1) is 42.8. The summed E-state index contributed by atoms with van der Waals surface area (Å²) in [4.78, 5) is 81.1. The monoisotopic (exact) mass is 855 g/mol. The number of imide groups is 2. The first-order valence-corrected chi connectivity index (χ1v) is 21.6. The van der Waals surface area contributed by atoms with Crippen LogP contribution in [0.4, 0.5) is 22.1 Å². The zero-order valence-electron chi connectivity index (χ0n) is 35.4. The molecule has 0 saturated carbocycles. The Kier molecular flexibility index (Phi) is 12.9. The topological polar surface area (TPSA) is 210 Å². The molecular formula is C46H53N11O6. The van der Waals surface area contributed by atoms with Crippen molar-refractivity contribution in [2.24, 2.45) is 0 Å². The predicted molar refractivity (Wildman–Crippen MR) is 237 cm³/mol. The van der Waals surface area contributed by atoms with Crippen molar-refractivity contribution in [2.75, 3.05) is 68.3 Å². The van der Waals surface area contributed by atoms with E-state index in [1.54, 1.807) is 19.1 Å². The maximum Gasteiger partial charge on any atom is 0.320 e. The van der Waals surface area contributed by atoms with Gasteiger partial charge in [-0.2, -0.15) is 0 Å². The number of nitrogens with two attached hydrogens (primary N) is 1. The molecule has 4 aliphatic heterocycles. The van der Waals surface area contributed by atoms with Crippen LogP contribution in [-0.2, 0) is 9.59 Å². The number of para-hydroxylation sites is 1. The van der Waals surface area contributed by atoms with Gasteiger partial charge >= 0.3 is 6.03 Å². The lowest BCUT2D eigenvalue weighted by molar-refractivity contribution is -0.125. The second-order valence-electron chi connectivity index (χ2n) is 16.5. The first-order valence-electron chi connectivity index (χ1n) is 21.6. The van der Waals surface area contributed by atoms with Crippen LogP contribution >= 0.6 is 0 Å². The van der Waals surface area contributed by atoms with Crippen molar-refractivity contribution in [1.82, 2.24) is 34.9 Å². The highest BCUT2D eigenvalue weighted by atomic mass is 16.5. The number of piperazine rings is 1. The molecule has 1 aromatic heterocycles. The predicted octanol–water partition coefficient (Wildman–Crippen LogP) is 4.59.